The predicted octanol–water partition coefficient (Wildman–Crippen LogP) is 2.74. The molecule has 1 atom stereocenters. The molecule has 2 N–H and O–H groups in total. The molecule has 0 heterocycles. The number of carboxylic acid groups (broad SMARTS) is 1. The molecule has 1 rings (SSSR count). The molecule has 0 spiro atoms. The number of aryl methyl sites for hydroxylation is 1. The molecule has 0 aromatic heterocycles. The highest BCUT2D eigenvalue weighted by Gasteiger charge is 2.12. The van der Waals surface area contributed by atoms with E-state index in [0.717, 1.165) is 17.5 Å². The first kappa shape index (κ1) is 12.6. The van der Waals surface area contributed by atoms with E-state index < -0.39 is 5.97 Å². The van der Waals surface area contributed by atoms with E-state index in [-0.39, 0.29) is 18.1 Å². The smallest absolute Gasteiger partial charge is 0.303 e. The number of benzene rings is 1. The van der Waals surface area contributed by atoms with Crippen LogP contribution in [-0.4, -0.2) is 16.2 Å². The lowest BCUT2D eigenvalue weighted by Gasteiger charge is -2.12. The van der Waals surface area contributed by atoms with E-state index in [2.05, 4.69) is 0 Å². The van der Waals surface area contributed by atoms with Gasteiger partial charge in [0.2, 0.25) is 0 Å². The summed E-state index contributed by atoms with van der Waals surface area (Å²) in [6.45, 7) is 3.83. The molecule has 1 aromatic carbocycles. The third-order valence-electron chi connectivity index (χ3n) is 2.84. The molecule has 0 fully saturated rings. The fourth-order valence-electron chi connectivity index (χ4n) is 1.72. The summed E-state index contributed by atoms with van der Waals surface area (Å²) in [7, 11) is 0. The maximum atomic E-state index is 10.6. The molecule has 16 heavy (non-hydrogen) atoms. The molecule has 0 aliphatic heterocycles. The molecule has 0 aliphatic carbocycles. The number of aliphatic carboxylic acids is 1. The molecule has 0 aliphatic rings. The van der Waals surface area contributed by atoms with Crippen molar-refractivity contribution >= 4 is 5.97 Å². The second-order valence-electron chi connectivity index (χ2n) is 4.20. The van der Waals surface area contributed by atoms with Crippen LogP contribution in [0.15, 0.2) is 18.2 Å². The molecule has 0 bridgehead atoms. The fraction of sp³-hybridized carbons (Fsp3) is 0.462. The lowest BCUT2D eigenvalue weighted by Crippen LogP contribution is -2.09. The van der Waals surface area contributed by atoms with Crippen LogP contribution >= 0.6 is 0 Å². The predicted molar refractivity (Wildman–Crippen MR) is 62.6 cm³/mol. The first-order valence-corrected chi connectivity index (χ1v) is 5.53. The first-order chi connectivity index (χ1) is 7.52. The number of carboxylic acids is 1. The zero-order valence-corrected chi connectivity index (χ0v) is 9.73. The van der Waals surface area contributed by atoms with E-state index in [0.29, 0.717) is 6.42 Å². The van der Waals surface area contributed by atoms with Crippen LogP contribution in [0, 0.1) is 12.8 Å². The van der Waals surface area contributed by atoms with E-state index in [1.807, 2.05) is 26.0 Å². The minimum atomic E-state index is -0.761. The number of phenols is 1. The molecule has 88 valence electrons. The summed E-state index contributed by atoms with van der Waals surface area (Å²) in [6, 6.07) is 5.53. The number of carbonyl (C=O) groups is 1. The number of rotatable bonds is 5. The average Bonchev–Trinajstić information content (AvgIpc) is 2.22. The molecule has 3 heteroatoms. The number of hydrogen-bond donors (Lipinski definition) is 2. The second kappa shape index (κ2) is 5.54. The standard InChI is InChI=1S/C13H18O3/c1-3-10(8-13(15)16)6-11-5-4-9(2)12(14)7-11/h4-5,7,10,14H,3,6,8H2,1-2H3,(H,15,16)/t10-/m1/s1. The number of phenolic OH excluding ortho intramolecular Hbond substituents is 1. The maximum Gasteiger partial charge on any atom is 0.303 e. The number of aromatic hydroxyl groups is 1. The van der Waals surface area contributed by atoms with Gasteiger partial charge in [0.05, 0.1) is 0 Å². The first-order valence-electron chi connectivity index (χ1n) is 5.53. The van der Waals surface area contributed by atoms with Gasteiger partial charge in [-0.3, -0.25) is 4.79 Å². The van der Waals surface area contributed by atoms with Crippen LogP contribution in [0.4, 0.5) is 0 Å². The van der Waals surface area contributed by atoms with Crippen molar-refractivity contribution in [1.82, 2.24) is 0 Å². The van der Waals surface area contributed by atoms with E-state index >= 15 is 0 Å². The Kier molecular flexibility index (Phi) is 4.35. The lowest BCUT2D eigenvalue weighted by atomic mass is 9.93. The van der Waals surface area contributed by atoms with Gasteiger partial charge in [0, 0.05) is 6.42 Å². The summed E-state index contributed by atoms with van der Waals surface area (Å²) in [5, 5.41) is 18.3. The quantitative estimate of drug-likeness (QED) is 0.805. The van der Waals surface area contributed by atoms with Crippen LogP contribution in [-0.2, 0) is 11.2 Å². The van der Waals surface area contributed by atoms with Crippen molar-refractivity contribution in [3.8, 4) is 5.75 Å². The van der Waals surface area contributed by atoms with Crippen molar-refractivity contribution in [1.29, 1.82) is 0 Å². The van der Waals surface area contributed by atoms with Gasteiger partial charge in [0.1, 0.15) is 5.75 Å². The molecular formula is C13H18O3. The summed E-state index contributed by atoms with van der Waals surface area (Å²) in [5.74, 6) is -0.342. The highest BCUT2D eigenvalue weighted by Crippen LogP contribution is 2.22. The van der Waals surface area contributed by atoms with Gasteiger partial charge in [0.15, 0.2) is 0 Å². The minimum absolute atomic E-state index is 0.139. The Labute approximate surface area is 95.7 Å². The van der Waals surface area contributed by atoms with Gasteiger partial charge in [-0.1, -0.05) is 25.5 Å². The van der Waals surface area contributed by atoms with E-state index in [9.17, 15) is 9.90 Å². The summed E-state index contributed by atoms with van der Waals surface area (Å²) in [6.07, 6.45) is 1.72. The Hall–Kier alpha value is -1.51. The Morgan fingerprint density at radius 2 is 2.12 bits per heavy atom. The van der Waals surface area contributed by atoms with Crippen LogP contribution in [0.5, 0.6) is 5.75 Å². The van der Waals surface area contributed by atoms with Crippen molar-refractivity contribution in [2.24, 2.45) is 5.92 Å². The summed E-state index contributed by atoms with van der Waals surface area (Å²) < 4.78 is 0. The minimum Gasteiger partial charge on any atom is -0.508 e. The lowest BCUT2D eigenvalue weighted by molar-refractivity contribution is -0.138. The largest absolute Gasteiger partial charge is 0.508 e. The molecule has 0 amide bonds. The van der Waals surface area contributed by atoms with Crippen LogP contribution in [0.2, 0.25) is 0 Å². The van der Waals surface area contributed by atoms with Gasteiger partial charge in [0.25, 0.3) is 0 Å². The second-order valence-corrected chi connectivity index (χ2v) is 4.20. The van der Waals surface area contributed by atoms with Crippen molar-refractivity contribution in [3.05, 3.63) is 29.3 Å². The molecule has 0 saturated heterocycles. The van der Waals surface area contributed by atoms with Crippen LogP contribution < -0.4 is 0 Å². The van der Waals surface area contributed by atoms with Crippen molar-refractivity contribution < 1.29 is 15.0 Å². The average molecular weight is 222 g/mol. The molecule has 0 radical (unpaired) electrons. The summed E-state index contributed by atoms with van der Waals surface area (Å²) in [5.41, 5.74) is 1.84. The Morgan fingerprint density at radius 1 is 1.44 bits per heavy atom. The van der Waals surface area contributed by atoms with Gasteiger partial charge in [-0.2, -0.15) is 0 Å². The zero-order chi connectivity index (χ0) is 12.1. The van der Waals surface area contributed by atoms with Crippen molar-refractivity contribution in [2.45, 2.75) is 33.1 Å². The van der Waals surface area contributed by atoms with Crippen LogP contribution in [0.25, 0.3) is 0 Å². The van der Waals surface area contributed by atoms with Gasteiger partial charge < -0.3 is 10.2 Å². The third-order valence-corrected chi connectivity index (χ3v) is 2.84. The monoisotopic (exact) mass is 222 g/mol. The normalized spacial score (nSPS) is 12.4. The highest BCUT2D eigenvalue weighted by molar-refractivity contribution is 5.67. The van der Waals surface area contributed by atoms with E-state index in [1.54, 1.807) is 6.07 Å². The summed E-state index contributed by atoms with van der Waals surface area (Å²) in [4.78, 5) is 10.6. The summed E-state index contributed by atoms with van der Waals surface area (Å²) >= 11 is 0. The van der Waals surface area contributed by atoms with Crippen molar-refractivity contribution in [2.75, 3.05) is 0 Å². The Bertz CT molecular complexity index is 371. The van der Waals surface area contributed by atoms with Gasteiger partial charge >= 0.3 is 5.97 Å². The maximum absolute atomic E-state index is 10.6. The Morgan fingerprint density at radius 3 is 2.62 bits per heavy atom. The topological polar surface area (TPSA) is 57.5 Å². The SMILES string of the molecule is CC[C@@H](CC(=O)O)Cc1ccc(C)c(O)c1. The highest BCUT2D eigenvalue weighted by atomic mass is 16.4. The molecule has 1 aromatic rings. The van der Waals surface area contributed by atoms with E-state index in [4.69, 9.17) is 5.11 Å². The van der Waals surface area contributed by atoms with Gasteiger partial charge in [-0.15, -0.1) is 0 Å². The van der Waals surface area contributed by atoms with E-state index in [1.165, 1.54) is 0 Å². The zero-order valence-electron chi connectivity index (χ0n) is 9.73. The third kappa shape index (κ3) is 3.57. The Balaban J connectivity index is 2.70. The van der Waals surface area contributed by atoms with Crippen LogP contribution in [0.1, 0.15) is 30.9 Å². The molecule has 3 nitrogen and oxygen atoms in total. The molecular weight excluding hydrogens is 204 g/mol. The molecule has 0 saturated carbocycles. The molecule has 0 unspecified atom stereocenters. The number of hydrogen-bond acceptors (Lipinski definition) is 2. The fourth-order valence-corrected chi connectivity index (χ4v) is 1.72. The van der Waals surface area contributed by atoms with Crippen molar-refractivity contribution in [3.63, 3.8) is 0 Å². The van der Waals surface area contributed by atoms with Gasteiger partial charge in [-0.05, 0) is 36.5 Å². The van der Waals surface area contributed by atoms with Crippen LogP contribution in [0.3, 0.4) is 0 Å². The van der Waals surface area contributed by atoms with Gasteiger partial charge in [-0.25, -0.2) is 0 Å².